The maximum atomic E-state index is 12.4. The Bertz CT molecular complexity index is 437. The monoisotopic (exact) mass is 264 g/mol. The molecular weight excluding hydrogens is 244 g/mol. The summed E-state index contributed by atoms with van der Waals surface area (Å²) in [4.78, 5) is 24.7. The van der Waals surface area contributed by atoms with Crippen LogP contribution in [0.15, 0.2) is 12.2 Å². The Labute approximate surface area is 113 Å². The molecule has 0 aromatic carbocycles. The quantitative estimate of drug-likeness (QED) is 0.443. The van der Waals surface area contributed by atoms with Crippen LogP contribution in [-0.2, 0) is 19.1 Å². The van der Waals surface area contributed by atoms with E-state index in [0.29, 0.717) is 17.8 Å². The average Bonchev–Trinajstić information content (AvgIpc) is 2.97. The van der Waals surface area contributed by atoms with Gasteiger partial charge in [-0.15, -0.1) is 0 Å². The minimum atomic E-state index is -1.06. The van der Waals surface area contributed by atoms with Crippen LogP contribution in [0.5, 0.6) is 0 Å². The normalized spacial score (nSPS) is 40.5. The molecule has 0 aromatic heterocycles. The van der Waals surface area contributed by atoms with Gasteiger partial charge in [0.2, 0.25) is 0 Å². The van der Waals surface area contributed by atoms with Crippen molar-refractivity contribution in [1.82, 2.24) is 0 Å². The lowest BCUT2D eigenvalue weighted by molar-refractivity contribution is -0.209. The van der Waals surface area contributed by atoms with E-state index < -0.39 is 17.4 Å². The first-order valence-corrected chi connectivity index (χ1v) is 6.98. The van der Waals surface area contributed by atoms with Crippen LogP contribution in [0.25, 0.3) is 0 Å². The first kappa shape index (κ1) is 12.7. The van der Waals surface area contributed by atoms with Crippen LogP contribution >= 0.6 is 0 Å². The summed E-state index contributed by atoms with van der Waals surface area (Å²) in [5.41, 5.74) is -1.06. The highest BCUT2D eigenvalue weighted by Gasteiger charge is 2.76. The summed E-state index contributed by atoms with van der Waals surface area (Å²) < 4.78 is 9.93. The van der Waals surface area contributed by atoms with Gasteiger partial charge in [0.15, 0.2) is 5.41 Å². The summed E-state index contributed by atoms with van der Waals surface area (Å²) in [5, 5.41) is 0. The molecule has 0 aromatic rings. The summed E-state index contributed by atoms with van der Waals surface area (Å²) in [5.74, 6) is 0.614. The summed E-state index contributed by atoms with van der Waals surface area (Å²) in [6, 6.07) is 0. The Hall–Kier alpha value is -1.32. The van der Waals surface area contributed by atoms with Gasteiger partial charge in [-0.1, -0.05) is 25.5 Å². The van der Waals surface area contributed by atoms with E-state index in [0.717, 1.165) is 12.8 Å². The van der Waals surface area contributed by atoms with Crippen LogP contribution in [0, 0.1) is 35.0 Å². The van der Waals surface area contributed by atoms with Gasteiger partial charge in [0, 0.05) is 0 Å². The summed E-state index contributed by atoms with van der Waals surface area (Å²) in [6.45, 7) is 2.04. The third-order valence-electron chi connectivity index (χ3n) is 5.58. The second kappa shape index (κ2) is 4.09. The average molecular weight is 264 g/mol. The van der Waals surface area contributed by atoms with Crippen LogP contribution in [0.4, 0.5) is 0 Å². The molecule has 3 aliphatic rings. The van der Waals surface area contributed by atoms with Gasteiger partial charge >= 0.3 is 11.9 Å². The molecule has 3 aliphatic carbocycles. The Kier molecular flexibility index (Phi) is 2.73. The van der Waals surface area contributed by atoms with Crippen molar-refractivity contribution in [2.45, 2.75) is 19.8 Å². The van der Waals surface area contributed by atoms with E-state index in [1.54, 1.807) is 0 Å². The molecule has 5 unspecified atom stereocenters. The number of carbonyl (C=O) groups excluding carboxylic acids is 2. The van der Waals surface area contributed by atoms with E-state index in [1.165, 1.54) is 14.2 Å². The second-order valence-corrected chi connectivity index (χ2v) is 5.92. The molecule has 104 valence electrons. The van der Waals surface area contributed by atoms with Gasteiger partial charge in [0.05, 0.1) is 14.2 Å². The minimum Gasteiger partial charge on any atom is -0.468 e. The lowest BCUT2D eigenvalue weighted by atomic mass is 9.43. The standard InChI is InChI=1S/C15H20O4/c1-4-10-11-8-5-6-9(7-8)12(11)15(10,13(16)18-2)14(17)19-3/h5-6,8-12H,4,7H2,1-3H3. The largest absolute Gasteiger partial charge is 0.468 e. The molecule has 2 saturated carbocycles. The van der Waals surface area contributed by atoms with Crippen molar-refractivity contribution in [2.75, 3.05) is 14.2 Å². The summed E-state index contributed by atoms with van der Waals surface area (Å²) >= 11 is 0. The van der Waals surface area contributed by atoms with E-state index >= 15 is 0 Å². The van der Waals surface area contributed by atoms with E-state index in [4.69, 9.17) is 9.47 Å². The molecule has 3 rings (SSSR count). The molecular formula is C15H20O4. The van der Waals surface area contributed by atoms with E-state index in [-0.39, 0.29) is 11.8 Å². The number of esters is 2. The van der Waals surface area contributed by atoms with Crippen LogP contribution in [-0.4, -0.2) is 26.2 Å². The zero-order chi connectivity index (χ0) is 13.8. The molecule has 0 spiro atoms. The summed E-state index contributed by atoms with van der Waals surface area (Å²) in [6.07, 6.45) is 6.30. The fourth-order valence-corrected chi connectivity index (χ4v) is 5.07. The van der Waals surface area contributed by atoms with Crippen LogP contribution in [0.1, 0.15) is 19.8 Å². The van der Waals surface area contributed by atoms with Crippen LogP contribution < -0.4 is 0 Å². The Morgan fingerprint density at radius 1 is 1.16 bits per heavy atom. The lowest BCUT2D eigenvalue weighted by Crippen LogP contribution is -2.66. The maximum Gasteiger partial charge on any atom is 0.323 e. The van der Waals surface area contributed by atoms with Crippen LogP contribution in [0.2, 0.25) is 0 Å². The molecule has 0 saturated heterocycles. The topological polar surface area (TPSA) is 52.6 Å². The van der Waals surface area contributed by atoms with Crippen molar-refractivity contribution >= 4 is 11.9 Å². The minimum absolute atomic E-state index is 0.0531. The Morgan fingerprint density at radius 2 is 1.74 bits per heavy atom. The molecule has 4 nitrogen and oxygen atoms in total. The number of hydrogen-bond donors (Lipinski definition) is 0. The maximum absolute atomic E-state index is 12.4. The van der Waals surface area contributed by atoms with Gasteiger partial charge in [-0.2, -0.15) is 0 Å². The van der Waals surface area contributed by atoms with Gasteiger partial charge in [0.1, 0.15) is 0 Å². The Morgan fingerprint density at radius 3 is 2.26 bits per heavy atom. The van der Waals surface area contributed by atoms with Gasteiger partial charge in [-0.3, -0.25) is 9.59 Å². The third kappa shape index (κ3) is 1.25. The highest BCUT2D eigenvalue weighted by molar-refractivity contribution is 6.02. The van der Waals surface area contributed by atoms with Crippen molar-refractivity contribution < 1.29 is 19.1 Å². The summed E-state index contributed by atoms with van der Waals surface area (Å²) in [7, 11) is 2.71. The number of rotatable bonds is 3. The van der Waals surface area contributed by atoms with E-state index in [1.807, 2.05) is 6.92 Å². The predicted molar refractivity (Wildman–Crippen MR) is 68.0 cm³/mol. The molecule has 2 fully saturated rings. The number of fused-ring (bicyclic) bond motifs is 5. The molecule has 19 heavy (non-hydrogen) atoms. The molecule has 4 heteroatoms. The first-order valence-electron chi connectivity index (χ1n) is 6.98. The van der Waals surface area contributed by atoms with Crippen molar-refractivity contribution in [3.63, 3.8) is 0 Å². The van der Waals surface area contributed by atoms with E-state index in [9.17, 15) is 9.59 Å². The van der Waals surface area contributed by atoms with Gasteiger partial charge < -0.3 is 9.47 Å². The number of allylic oxidation sites excluding steroid dienone is 2. The van der Waals surface area contributed by atoms with Crippen molar-refractivity contribution in [2.24, 2.45) is 35.0 Å². The van der Waals surface area contributed by atoms with Gasteiger partial charge in [-0.05, 0) is 36.0 Å². The van der Waals surface area contributed by atoms with Crippen molar-refractivity contribution in [3.8, 4) is 0 Å². The van der Waals surface area contributed by atoms with Gasteiger partial charge in [-0.25, -0.2) is 0 Å². The molecule has 5 atom stereocenters. The highest BCUT2D eigenvalue weighted by Crippen LogP contribution is 2.71. The second-order valence-electron chi connectivity index (χ2n) is 5.92. The molecule has 2 bridgehead atoms. The number of carbonyl (C=O) groups is 2. The van der Waals surface area contributed by atoms with Crippen molar-refractivity contribution in [1.29, 1.82) is 0 Å². The fourth-order valence-electron chi connectivity index (χ4n) is 5.07. The fraction of sp³-hybridized carbons (Fsp3) is 0.733. The van der Waals surface area contributed by atoms with Crippen LogP contribution in [0.3, 0.4) is 0 Å². The molecule has 0 heterocycles. The molecule has 0 amide bonds. The zero-order valence-corrected chi connectivity index (χ0v) is 11.6. The predicted octanol–water partition coefficient (Wildman–Crippen LogP) is 1.80. The zero-order valence-electron chi connectivity index (χ0n) is 11.6. The highest BCUT2D eigenvalue weighted by atomic mass is 16.5. The lowest BCUT2D eigenvalue weighted by Gasteiger charge is -2.58. The molecule has 0 radical (unpaired) electrons. The SMILES string of the molecule is CCC1C2C3C=CC(C3)C2C1(C(=O)OC)C(=O)OC. The Balaban J connectivity index is 2.06. The third-order valence-corrected chi connectivity index (χ3v) is 5.58. The number of methoxy groups -OCH3 is 2. The molecule has 0 N–H and O–H groups in total. The number of ether oxygens (including phenoxy) is 2. The smallest absolute Gasteiger partial charge is 0.323 e. The first-order chi connectivity index (χ1) is 9.12. The molecule has 0 aliphatic heterocycles. The van der Waals surface area contributed by atoms with E-state index in [2.05, 4.69) is 12.2 Å². The van der Waals surface area contributed by atoms with Gasteiger partial charge in [0.25, 0.3) is 0 Å². The van der Waals surface area contributed by atoms with Crippen molar-refractivity contribution in [3.05, 3.63) is 12.2 Å². The number of hydrogen-bond acceptors (Lipinski definition) is 4.